The molecule has 212 valence electrons. The summed E-state index contributed by atoms with van der Waals surface area (Å²) in [6.45, 7) is 1.24. The summed E-state index contributed by atoms with van der Waals surface area (Å²) in [4.78, 5) is 29.4. The average Bonchev–Trinajstić information content (AvgIpc) is 3.43. The third kappa shape index (κ3) is 5.72. The second-order valence-electron chi connectivity index (χ2n) is 9.84. The predicted octanol–water partition coefficient (Wildman–Crippen LogP) is 6.18. The summed E-state index contributed by atoms with van der Waals surface area (Å²) in [5.74, 6) is 1.16. The van der Waals surface area contributed by atoms with Gasteiger partial charge in [-0.25, -0.2) is 15.0 Å². The molecule has 1 aliphatic rings. The van der Waals surface area contributed by atoms with Crippen LogP contribution in [0.15, 0.2) is 73.2 Å². The lowest BCUT2D eigenvalue weighted by atomic mass is 10.00. The highest BCUT2D eigenvalue weighted by Crippen LogP contribution is 2.42. The minimum absolute atomic E-state index is 0.102. The molecule has 3 aromatic heterocycles. The van der Waals surface area contributed by atoms with Gasteiger partial charge in [0, 0.05) is 66.4 Å². The zero-order chi connectivity index (χ0) is 29.1. The van der Waals surface area contributed by atoms with Gasteiger partial charge in [0.25, 0.3) is 0 Å². The van der Waals surface area contributed by atoms with Crippen molar-refractivity contribution in [3.05, 3.63) is 88.8 Å². The lowest BCUT2D eigenvalue weighted by molar-refractivity contribution is -0.119. The SMILES string of the molecule is COc1nc(-c2cccc(-c3cccc(Nc4nccc5nccnc45)c3Cl)c2Cl)ccc1CNC[C@@H]1CCC(=O)N1. The zero-order valence-electron chi connectivity index (χ0n) is 22.7. The van der Waals surface area contributed by atoms with Crippen molar-refractivity contribution in [2.75, 3.05) is 19.0 Å². The number of nitrogens with zero attached hydrogens (tertiary/aromatic N) is 4. The first-order chi connectivity index (χ1) is 20.5. The second kappa shape index (κ2) is 12.3. The summed E-state index contributed by atoms with van der Waals surface area (Å²) < 4.78 is 5.62. The van der Waals surface area contributed by atoms with Crippen molar-refractivity contribution in [2.24, 2.45) is 0 Å². The van der Waals surface area contributed by atoms with Crippen LogP contribution in [0.5, 0.6) is 5.88 Å². The first kappa shape index (κ1) is 27.8. The molecule has 9 nitrogen and oxygen atoms in total. The molecular formula is C31H27Cl2N7O2. The summed E-state index contributed by atoms with van der Waals surface area (Å²) in [6.07, 6.45) is 6.36. The lowest BCUT2D eigenvalue weighted by Gasteiger charge is -2.16. The van der Waals surface area contributed by atoms with E-state index in [1.54, 1.807) is 31.8 Å². The van der Waals surface area contributed by atoms with E-state index in [4.69, 9.17) is 32.9 Å². The van der Waals surface area contributed by atoms with Crippen LogP contribution < -0.4 is 20.7 Å². The molecule has 3 N–H and O–H groups in total. The minimum Gasteiger partial charge on any atom is -0.481 e. The van der Waals surface area contributed by atoms with Gasteiger partial charge in [-0.15, -0.1) is 0 Å². The van der Waals surface area contributed by atoms with E-state index in [1.807, 2.05) is 48.5 Å². The molecule has 0 spiro atoms. The Hall–Kier alpha value is -4.31. The number of benzene rings is 2. The summed E-state index contributed by atoms with van der Waals surface area (Å²) in [7, 11) is 1.60. The quantitative estimate of drug-likeness (QED) is 0.184. The van der Waals surface area contributed by atoms with Crippen molar-refractivity contribution in [1.29, 1.82) is 0 Å². The Morgan fingerprint density at radius 1 is 0.929 bits per heavy atom. The Balaban J connectivity index is 1.26. The third-order valence-electron chi connectivity index (χ3n) is 7.13. The zero-order valence-corrected chi connectivity index (χ0v) is 24.2. The van der Waals surface area contributed by atoms with Crippen LogP contribution in [0.25, 0.3) is 33.4 Å². The molecule has 42 heavy (non-hydrogen) atoms. The minimum atomic E-state index is 0.102. The number of hydrogen-bond donors (Lipinski definition) is 3. The fourth-order valence-corrected chi connectivity index (χ4v) is 5.63. The number of anilines is 2. The number of nitrogens with one attached hydrogen (secondary N) is 3. The maximum absolute atomic E-state index is 11.5. The molecule has 6 rings (SSSR count). The Labute approximate surface area is 252 Å². The molecule has 1 fully saturated rings. The fourth-order valence-electron chi connectivity index (χ4n) is 5.03. The normalized spacial score (nSPS) is 14.6. The molecule has 5 aromatic rings. The number of ether oxygens (including phenoxy) is 1. The molecule has 1 amide bonds. The van der Waals surface area contributed by atoms with Crippen LogP contribution in [-0.4, -0.2) is 45.5 Å². The van der Waals surface area contributed by atoms with E-state index in [-0.39, 0.29) is 11.9 Å². The number of carbonyl (C=O) groups is 1. The van der Waals surface area contributed by atoms with Crippen molar-refractivity contribution in [2.45, 2.75) is 25.4 Å². The fraction of sp³-hybridized carbons (Fsp3) is 0.194. The van der Waals surface area contributed by atoms with Gasteiger partial charge in [0.2, 0.25) is 11.8 Å². The van der Waals surface area contributed by atoms with E-state index in [2.05, 4.69) is 30.9 Å². The van der Waals surface area contributed by atoms with Crippen LogP contribution >= 0.6 is 23.2 Å². The number of fused-ring (bicyclic) bond motifs is 1. The van der Waals surface area contributed by atoms with Gasteiger partial charge in [0.05, 0.1) is 34.1 Å². The van der Waals surface area contributed by atoms with Gasteiger partial charge in [0.15, 0.2) is 5.82 Å². The van der Waals surface area contributed by atoms with E-state index in [9.17, 15) is 4.79 Å². The maximum Gasteiger partial charge on any atom is 0.220 e. The number of methoxy groups -OCH3 is 1. The number of aromatic nitrogens is 4. The molecular weight excluding hydrogens is 573 g/mol. The molecule has 1 aliphatic heterocycles. The molecule has 0 radical (unpaired) electrons. The smallest absolute Gasteiger partial charge is 0.220 e. The van der Waals surface area contributed by atoms with Gasteiger partial charge in [-0.2, -0.15) is 0 Å². The Morgan fingerprint density at radius 2 is 1.71 bits per heavy atom. The van der Waals surface area contributed by atoms with E-state index in [0.29, 0.717) is 58.2 Å². The highest BCUT2D eigenvalue weighted by Gasteiger charge is 2.21. The van der Waals surface area contributed by atoms with E-state index >= 15 is 0 Å². The number of carbonyl (C=O) groups excluding carboxylic acids is 1. The van der Waals surface area contributed by atoms with Crippen LogP contribution in [0.1, 0.15) is 18.4 Å². The van der Waals surface area contributed by atoms with Crippen molar-refractivity contribution < 1.29 is 9.53 Å². The molecule has 0 bridgehead atoms. The van der Waals surface area contributed by atoms with Crippen molar-refractivity contribution >= 4 is 51.6 Å². The molecule has 4 heterocycles. The largest absolute Gasteiger partial charge is 0.481 e. The molecule has 1 saturated heterocycles. The highest BCUT2D eigenvalue weighted by molar-refractivity contribution is 6.39. The number of hydrogen-bond acceptors (Lipinski definition) is 8. The number of halogens is 2. The first-order valence-corrected chi connectivity index (χ1v) is 14.2. The van der Waals surface area contributed by atoms with Crippen LogP contribution in [0, 0.1) is 0 Å². The Bertz CT molecular complexity index is 1780. The first-order valence-electron chi connectivity index (χ1n) is 13.5. The van der Waals surface area contributed by atoms with Crippen molar-refractivity contribution in [3.8, 4) is 28.3 Å². The summed E-state index contributed by atoms with van der Waals surface area (Å²) in [6, 6.07) is 17.3. The Morgan fingerprint density at radius 3 is 2.52 bits per heavy atom. The summed E-state index contributed by atoms with van der Waals surface area (Å²) in [5, 5.41) is 10.7. The van der Waals surface area contributed by atoms with E-state index in [1.165, 1.54) is 0 Å². The van der Waals surface area contributed by atoms with Crippen molar-refractivity contribution in [3.63, 3.8) is 0 Å². The van der Waals surface area contributed by atoms with Gasteiger partial charge in [0.1, 0.15) is 5.52 Å². The van der Waals surface area contributed by atoms with E-state index < -0.39 is 0 Å². The predicted molar refractivity (Wildman–Crippen MR) is 165 cm³/mol. The molecule has 0 aliphatic carbocycles. The van der Waals surface area contributed by atoms with Crippen LogP contribution in [-0.2, 0) is 11.3 Å². The third-order valence-corrected chi connectivity index (χ3v) is 7.94. The van der Waals surface area contributed by atoms with Crippen LogP contribution in [0.2, 0.25) is 10.0 Å². The second-order valence-corrected chi connectivity index (χ2v) is 10.6. The number of rotatable bonds is 9. The van der Waals surface area contributed by atoms with Crippen molar-refractivity contribution in [1.82, 2.24) is 30.6 Å². The highest BCUT2D eigenvalue weighted by atomic mass is 35.5. The van der Waals surface area contributed by atoms with Gasteiger partial charge in [-0.05, 0) is 24.6 Å². The average molecular weight is 601 g/mol. The lowest BCUT2D eigenvalue weighted by Crippen LogP contribution is -2.35. The van der Waals surface area contributed by atoms with Gasteiger partial charge >= 0.3 is 0 Å². The van der Waals surface area contributed by atoms with Crippen LogP contribution in [0.3, 0.4) is 0 Å². The standard InChI is InChI=1S/C31H27Cl2N7O2/c1-42-31-18(16-34-17-19-9-11-26(41)38-19)8-10-23(40-31)22-6-2-4-20(27(22)32)21-5-3-7-24(28(21)33)39-30-29-25(12-13-37-30)35-14-15-36-29/h2-8,10,12-15,19,34H,9,11,16-17H2,1H3,(H,37,39)(H,38,41)/t19-/m0/s1. The van der Waals surface area contributed by atoms with Gasteiger partial charge in [-0.3, -0.25) is 9.78 Å². The van der Waals surface area contributed by atoms with Gasteiger partial charge < -0.3 is 20.7 Å². The Kier molecular flexibility index (Phi) is 8.14. The van der Waals surface area contributed by atoms with Crippen LogP contribution in [0.4, 0.5) is 11.5 Å². The van der Waals surface area contributed by atoms with E-state index in [0.717, 1.165) is 34.2 Å². The number of pyridine rings is 2. The molecule has 0 saturated carbocycles. The summed E-state index contributed by atoms with van der Waals surface area (Å²) >= 11 is 13.9. The topological polar surface area (TPSA) is 114 Å². The maximum atomic E-state index is 11.5. The summed E-state index contributed by atoms with van der Waals surface area (Å²) in [5.41, 5.74) is 5.89. The molecule has 0 unspecified atom stereocenters. The molecule has 2 aromatic carbocycles. The molecule has 1 atom stereocenters. The molecule has 11 heteroatoms. The van der Waals surface area contributed by atoms with Gasteiger partial charge in [-0.1, -0.05) is 59.6 Å². The number of amides is 1. The monoisotopic (exact) mass is 599 g/mol.